The summed E-state index contributed by atoms with van der Waals surface area (Å²) in [6, 6.07) is 6.18. The van der Waals surface area contributed by atoms with Gasteiger partial charge in [-0.15, -0.1) is 0 Å². The van der Waals surface area contributed by atoms with Crippen LogP contribution in [0.2, 0.25) is 0 Å². The highest BCUT2D eigenvalue weighted by Crippen LogP contribution is 2.28. The van der Waals surface area contributed by atoms with Crippen molar-refractivity contribution in [2.45, 2.75) is 26.2 Å². The summed E-state index contributed by atoms with van der Waals surface area (Å²) in [6.45, 7) is 2.17. The van der Waals surface area contributed by atoms with Crippen molar-refractivity contribution in [2.24, 2.45) is 0 Å². The maximum Gasteiger partial charge on any atom is 0.340 e. The second-order valence-corrected chi connectivity index (χ2v) is 5.23. The number of carbonyl (C=O) groups excluding carboxylic acids is 1. The minimum Gasteiger partial charge on any atom is -0.465 e. The smallest absolute Gasteiger partial charge is 0.340 e. The van der Waals surface area contributed by atoms with Gasteiger partial charge in [0.05, 0.1) is 18.2 Å². The Labute approximate surface area is 121 Å². The molecule has 0 aliphatic rings. The van der Waals surface area contributed by atoms with E-state index in [4.69, 9.17) is 4.74 Å². The van der Waals surface area contributed by atoms with Crippen LogP contribution in [0.1, 0.15) is 35.7 Å². The van der Waals surface area contributed by atoms with E-state index in [2.05, 4.69) is 40.0 Å². The number of aryl methyl sites for hydroxylation is 1. The summed E-state index contributed by atoms with van der Waals surface area (Å²) in [5, 5.41) is 0.955. The maximum absolute atomic E-state index is 11.6. The van der Waals surface area contributed by atoms with Crippen LogP contribution in [0.15, 0.2) is 28.9 Å². The van der Waals surface area contributed by atoms with Gasteiger partial charge in [0.2, 0.25) is 0 Å². The minimum absolute atomic E-state index is 0.375. The molecular weight excluding hydrogens is 306 g/mol. The molecule has 0 bridgehead atoms. The van der Waals surface area contributed by atoms with Crippen LogP contribution in [-0.4, -0.2) is 18.1 Å². The molecule has 2 rings (SSSR count). The number of ether oxygens (including phenoxy) is 1. The van der Waals surface area contributed by atoms with Gasteiger partial charge in [-0.05, 0) is 46.5 Å². The van der Waals surface area contributed by atoms with Crippen LogP contribution >= 0.6 is 15.9 Å². The Morgan fingerprint density at radius 3 is 2.89 bits per heavy atom. The van der Waals surface area contributed by atoms with Crippen LogP contribution in [0, 0.1) is 0 Å². The molecule has 100 valence electrons. The van der Waals surface area contributed by atoms with Crippen molar-refractivity contribution in [3.8, 4) is 0 Å². The van der Waals surface area contributed by atoms with Crippen LogP contribution in [0.5, 0.6) is 0 Å². The summed E-state index contributed by atoms with van der Waals surface area (Å²) in [5.74, 6) is -0.375. The Bertz CT molecular complexity index is 610. The van der Waals surface area contributed by atoms with E-state index in [1.165, 1.54) is 19.1 Å². The maximum atomic E-state index is 11.6. The first-order valence-electron chi connectivity index (χ1n) is 6.32. The molecule has 0 fully saturated rings. The van der Waals surface area contributed by atoms with Crippen LogP contribution in [0.4, 0.5) is 0 Å². The van der Waals surface area contributed by atoms with Gasteiger partial charge in [0.1, 0.15) is 0 Å². The normalized spacial score (nSPS) is 10.7. The van der Waals surface area contributed by atoms with Crippen molar-refractivity contribution < 1.29 is 9.53 Å². The number of hydrogen-bond acceptors (Lipinski definition) is 3. The Hall–Kier alpha value is -1.42. The molecule has 0 N–H and O–H groups in total. The van der Waals surface area contributed by atoms with E-state index in [0.717, 1.165) is 28.2 Å². The number of methoxy groups -OCH3 is 1. The molecule has 4 heteroatoms. The first-order valence-corrected chi connectivity index (χ1v) is 7.12. The van der Waals surface area contributed by atoms with E-state index in [1.807, 2.05) is 6.07 Å². The molecular formula is C15H16BrNO2. The van der Waals surface area contributed by atoms with Gasteiger partial charge in [-0.3, -0.25) is 4.98 Å². The number of halogens is 1. The number of pyridine rings is 1. The van der Waals surface area contributed by atoms with Crippen molar-refractivity contribution in [3.63, 3.8) is 0 Å². The molecule has 0 unspecified atom stereocenters. The lowest BCUT2D eigenvalue weighted by Crippen LogP contribution is -2.03. The van der Waals surface area contributed by atoms with Gasteiger partial charge in [-0.25, -0.2) is 4.79 Å². The molecule has 2 aromatic rings. The number of benzene rings is 1. The molecule has 1 aromatic carbocycles. The third kappa shape index (κ3) is 2.95. The highest BCUT2D eigenvalue weighted by molar-refractivity contribution is 9.10. The second-order valence-electron chi connectivity index (χ2n) is 4.43. The number of hydrogen-bond donors (Lipinski definition) is 0. The van der Waals surface area contributed by atoms with Gasteiger partial charge < -0.3 is 4.74 Å². The van der Waals surface area contributed by atoms with Crippen molar-refractivity contribution >= 4 is 32.8 Å². The lowest BCUT2D eigenvalue weighted by atomic mass is 10.0. The standard InChI is InChI=1S/C15H16BrNO2/c1-3-4-5-10-6-7-13-11(8-10)14(16)12(9-17-13)15(18)19-2/h6-9H,3-5H2,1-2H3. The van der Waals surface area contributed by atoms with Crippen molar-refractivity contribution in [1.82, 2.24) is 4.98 Å². The number of unbranched alkanes of at least 4 members (excludes halogenated alkanes) is 1. The highest BCUT2D eigenvalue weighted by atomic mass is 79.9. The van der Waals surface area contributed by atoms with Crippen molar-refractivity contribution in [2.75, 3.05) is 7.11 Å². The zero-order valence-corrected chi connectivity index (χ0v) is 12.7. The predicted molar refractivity (Wildman–Crippen MR) is 79.4 cm³/mol. The Kier molecular flexibility index (Phi) is 4.53. The molecule has 0 radical (unpaired) electrons. The van der Waals surface area contributed by atoms with Gasteiger partial charge in [0.15, 0.2) is 0 Å². The molecule has 1 aromatic heterocycles. The van der Waals surface area contributed by atoms with Gasteiger partial charge >= 0.3 is 5.97 Å². The molecule has 0 spiro atoms. The van der Waals surface area contributed by atoms with Crippen molar-refractivity contribution in [1.29, 1.82) is 0 Å². The summed E-state index contributed by atoms with van der Waals surface area (Å²) in [6.07, 6.45) is 4.91. The Morgan fingerprint density at radius 1 is 1.42 bits per heavy atom. The van der Waals surface area contributed by atoms with E-state index in [9.17, 15) is 4.79 Å². The number of carbonyl (C=O) groups is 1. The summed E-state index contributed by atoms with van der Waals surface area (Å²) in [4.78, 5) is 15.9. The molecule has 0 aliphatic heterocycles. The fourth-order valence-corrected chi connectivity index (χ4v) is 2.58. The number of rotatable bonds is 4. The van der Waals surface area contributed by atoms with Gasteiger partial charge in [-0.2, -0.15) is 0 Å². The van der Waals surface area contributed by atoms with Crippen LogP contribution < -0.4 is 0 Å². The minimum atomic E-state index is -0.375. The first kappa shape index (κ1) is 14.0. The summed E-state index contributed by atoms with van der Waals surface area (Å²) < 4.78 is 5.50. The average Bonchev–Trinajstić information content (AvgIpc) is 2.45. The number of fused-ring (bicyclic) bond motifs is 1. The lowest BCUT2D eigenvalue weighted by Gasteiger charge is -2.07. The lowest BCUT2D eigenvalue weighted by molar-refractivity contribution is 0.0599. The molecule has 19 heavy (non-hydrogen) atoms. The zero-order chi connectivity index (χ0) is 13.8. The topological polar surface area (TPSA) is 39.2 Å². The monoisotopic (exact) mass is 321 g/mol. The van der Waals surface area contributed by atoms with E-state index < -0.39 is 0 Å². The van der Waals surface area contributed by atoms with Gasteiger partial charge in [0, 0.05) is 16.1 Å². The zero-order valence-electron chi connectivity index (χ0n) is 11.1. The van der Waals surface area contributed by atoms with E-state index >= 15 is 0 Å². The number of esters is 1. The molecule has 0 amide bonds. The molecule has 0 atom stereocenters. The summed E-state index contributed by atoms with van der Waals surface area (Å²) in [7, 11) is 1.37. The van der Waals surface area contributed by atoms with Crippen LogP contribution in [0.25, 0.3) is 10.9 Å². The molecule has 0 saturated carbocycles. The van der Waals surface area contributed by atoms with E-state index in [1.54, 1.807) is 6.20 Å². The molecule has 0 aliphatic carbocycles. The predicted octanol–water partition coefficient (Wildman–Crippen LogP) is 4.13. The third-order valence-electron chi connectivity index (χ3n) is 3.09. The first-order chi connectivity index (χ1) is 9.17. The Balaban J connectivity index is 2.49. The van der Waals surface area contributed by atoms with E-state index in [0.29, 0.717) is 5.56 Å². The third-order valence-corrected chi connectivity index (χ3v) is 3.95. The highest BCUT2D eigenvalue weighted by Gasteiger charge is 2.14. The second kappa shape index (κ2) is 6.15. The van der Waals surface area contributed by atoms with Gasteiger partial charge in [0.25, 0.3) is 0 Å². The summed E-state index contributed by atoms with van der Waals surface area (Å²) >= 11 is 3.48. The Morgan fingerprint density at radius 2 is 2.21 bits per heavy atom. The van der Waals surface area contributed by atoms with E-state index in [-0.39, 0.29) is 5.97 Å². The quantitative estimate of drug-likeness (QED) is 0.795. The average molecular weight is 322 g/mol. The number of nitrogens with zero attached hydrogens (tertiary/aromatic N) is 1. The molecule has 3 nitrogen and oxygen atoms in total. The fourth-order valence-electron chi connectivity index (χ4n) is 2.00. The van der Waals surface area contributed by atoms with Crippen LogP contribution in [-0.2, 0) is 11.2 Å². The number of aromatic nitrogens is 1. The molecule has 0 saturated heterocycles. The SMILES string of the molecule is CCCCc1ccc2ncc(C(=O)OC)c(Br)c2c1. The van der Waals surface area contributed by atoms with Crippen molar-refractivity contribution in [3.05, 3.63) is 40.0 Å². The molecule has 1 heterocycles. The van der Waals surface area contributed by atoms with Crippen LogP contribution in [0.3, 0.4) is 0 Å². The summed E-state index contributed by atoms with van der Waals surface area (Å²) in [5.41, 5.74) is 2.60. The fraction of sp³-hybridized carbons (Fsp3) is 0.333. The largest absolute Gasteiger partial charge is 0.465 e. The van der Waals surface area contributed by atoms with Gasteiger partial charge in [-0.1, -0.05) is 19.4 Å².